The number of ether oxygens (including phenoxy) is 4. The second kappa shape index (κ2) is 7.90. The van der Waals surface area contributed by atoms with Crippen LogP contribution in [0.1, 0.15) is 18.9 Å². The fourth-order valence-electron chi connectivity index (χ4n) is 2.38. The highest BCUT2D eigenvalue weighted by molar-refractivity contribution is 5.82. The second-order valence-corrected chi connectivity index (χ2v) is 5.74. The summed E-state index contributed by atoms with van der Waals surface area (Å²) in [4.78, 5) is 23.4. The first kappa shape index (κ1) is 17.9. The molecule has 0 unspecified atom stereocenters. The Labute approximate surface area is 141 Å². The van der Waals surface area contributed by atoms with E-state index in [9.17, 15) is 9.59 Å². The first-order valence-electron chi connectivity index (χ1n) is 7.72. The average Bonchev–Trinajstić information content (AvgIpc) is 3.33. The van der Waals surface area contributed by atoms with Crippen molar-refractivity contribution >= 4 is 11.9 Å². The quantitative estimate of drug-likeness (QED) is 0.724. The molecule has 1 fully saturated rings. The Bertz CT molecular complexity index is 590. The molecule has 24 heavy (non-hydrogen) atoms. The van der Waals surface area contributed by atoms with E-state index in [1.807, 2.05) is 6.92 Å². The summed E-state index contributed by atoms with van der Waals surface area (Å²) in [5.41, 5.74) is 0.778. The third-order valence-corrected chi connectivity index (χ3v) is 3.97. The summed E-state index contributed by atoms with van der Waals surface area (Å²) in [6.45, 7) is 1.97. The van der Waals surface area contributed by atoms with Gasteiger partial charge in [-0.3, -0.25) is 9.59 Å². The Balaban J connectivity index is 1.88. The van der Waals surface area contributed by atoms with Crippen LogP contribution in [0.15, 0.2) is 12.1 Å². The number of carbonyl (C=O) groups excluding carboxylic acids is 2. The molecule has 1 aliphatic carbocycles. The number of amides is 1. The normalized spacial score (nSPS) is 18.5. The Kier molecular flexibility index (Phi) is 5.89. The van der Waals surface area contributed by atoms with Crippen LogP contribution in [0, 0.1) is 11.8 Å². The van der Waals surface area contributed by atoms with Crippen LogP contribution in [0.2, 0.25) is 0 Å². The van der Waals surface area contributed by atoms with E-state index in [4.69, 9.17) is 18.9 Å². The van der Waals surface area contributed by atoms with Gasteiger partial charge in [0.15, 0.2) is 18.1 Å². The molecule has 2 atom stereocenters. The standard InChI is InChI=1S/C17H23NO6/c1-10-5-12(10)17(20)24-9-15(19)18-8-11-6-13(21-2)16(23-4)14(7-11)22-3/h6-7,10,12H,5,8-9H2,1-4H3,(H,18,19)/t10-,12-/m0/s1. The molecule has 2 rings (SSSR count). The Morgan fingerprint density at radius 3 is 2.17 bits per heavy atom. The van der Waals surface area contributed by atoms with Crippen molar-refractivity contribution in [3.63, 3.8) is 0 Å². The molecule has 1 aliphatic rings. The summed E-state index contributed by atoms with van der Waals surface area (Å²) in [6.07, 6.45) is 0.839. The lowest BCUT2D eigenvalue weighted by molar-refractivity contribution is -0.150. The maximum absolute atomic E-state index is 11.8. The Morgan fingerprint density at radius 1 is 1.12 bits per heavy atom. The molecule has 132 valence electrons. The average molecular weight is 337 g/mol. The lowest BCUT2D eigenvalue weighted by Crippen LogP contribution is -2.28. The maximum atomic E-state index is 11.8. The van der Waals surface area contributed by atoms with E-state index in [-0.39, 0.29) is 30.9 Å². The van der Waals surface area contributed by atoms with E-state index < -0.39 is 0 Å². The molecule has 1 aromatic carbocycles. The molecule has 7 heteroatoms. The molecule has 0 heterocycles. The number of carbonyl (C=O) groups is 2. The van der Waals surface area contributed by atoms with E-state index in [2.05, 4.69) is 5.32 Å². The number of nitrogens with one attached hydrogen (secondary N) is 1. The number of rotatable bonds is 8. The monoisotopic (exact) mass is 337 g/mol. The predicted molar refractivity (Wildman–Crippen MR) is 86.2 cm³/mol. The van der Waals surface area contributed by atoms with E-state index in [1.165, 1.54) is 21.3 Å². The first-order valence-corrected chi connectivity index (χ1v) is 7.72. The van der Waals surface area contributed by atoms with Gasteiger partial charge in [0.1, 0.15) is 0 Å². The van der Waals surface area contributed by atoms with Crippen molar-refractivity contribution in [1.82, 2.24) is 5.32 Å². The topological polar surface area (TPSA) is 83.1 Å². The summed E-state index contributed by atoms with van der Waals surface area (Å²) >= 11 is 0. The number of esters is 1. The van der Waals surface area contributed by atoms with Crippen LogP contribution in [-0.2, 0) is 20.9 Å². The van der Waals surface area contributed by atoms with Gasteiger partial charge in [0.05, 0.1) is 27.2 Å². The largest absolute Gasteiger partial charge is 0.493 e. The molecule has 0 aliphatic heterocycles. The summed E-state index contributed by atoms with van der Waals surface area (Å²) in [6, 6.07) is 3.50. The van der Waals surface area contributed by atoms with E-state index in [0.717, 1.165) is 12.0 Å². The highest BCUT2D eigenvalue weighted by atomic mass is 16.5. The van der Waals surface area contributed by atoms with Crippen LogP contribution in [0.5, 0.6) is 17.2 Å². The molecule has 0 bridgehead atoms. The van der Waals surface area contributed by atoms with Crippen molar-refractivity contribution in [3.8, 4) is 17.2 Å². The minimum Gasteiger partial charge on any atom is -0.493 e. The van der Waals surface area contributed by atoms with Crippen LogP contribution < -0.4 is 19.5 Å². The van der Waals surface area contributed by atoms with Gasteiger partial charge in [-0.25, -0.2) is 0 Å². The molecule has 1 N–H and O–H groups in total. The van der Waals surface area contributed by atoms with Gasteiger partial charge in [-0.1, -0.05) is 6.92 Å². The molecule has 0 radical (unpaired) electrons. The molecule has 0 saturated heterocycles. The van der Waals surface area contributed by atoms with Gasteiger partial charge in [-0.05, 0) is 30.0 Å². The Morgan fingerprint density at radius 2 is 1.71 bits per heavy atom. The fraction of sp³-hybridized carbons (Fsp3) is 0.529. The maximum Gasteiger partial charge on any atom is 0.309 e. The van der Waals surface area contributed by atoms with Gasteiger partial charge in [-0.2, -0.15) is 0 Å². The summed E-state index contributed by atoms with van der Waals surface area (Å²) < 4.78 is 20.8. The number of hydrogen-bond donors (Lipinski definition) is 1. The van der Waals surface area contributed by atoms with E-state index in [1.54, 1.807) is 12.1 Å². The smallest absolute Gasteiger partial charge is 0.309 e. The predicted octanol–water partition coefficient (Wildman–Crippen LogP) is 1.53. The van der Waals surface area contributed by atoms with Gasteiger partial charge < -0.3 is 24.3 Å². The van der Waals surface area contributed by atoms with Crippen molar-refractivity contribution in [2.75, 3.05) is 27.9 Å². The molecule has 1 aromatic rings. The number of hydrogen-bond acceptors (Lipinski definition) is 6. The van der Waals surface area contributed by atoms with Gasteiger partial charge in [0.25, 0.3) is 5.91 Å². The summed E-state index contributed by atoms with van der Waals surface area (Å²) in [5, 5.41) is 2.70. The van der Waals surface area contributed by atoms with Crippen LogP contribution >= 0.6 is 0 Å². The van der Waals surface area contributed by atoms with Gasteiger partial charge in [0.2, 0.25) is 5.75 Å². The molecule has 7 nitrogen and oxygen atoms in total. The summed E-state index contributed by atoms with van der Waals surface area (Å²) in [5.74, 6) is 1.16. The minimum atomic E-state index is -0.356. The van der Waals surface area contributed by atoms with Crippen LogP contribution in [0.4, 0.5) is 0 Å². The molecule has 0 spiro atoms. The molecular weight excluding hydrogens is 314 g/mol. The van der Waals surface area contributed by atoms with Crippen molar-refractivity contribution in [2.24, 2.45) is 11.8 Å². The van der Waals surface area contributed by atoms with Crippen molar-refractivity contribution in [1.29, 1.82) is 0 Å². The van der Waals surface area contributed by atoms with Crippen molar-refractivity contribution < 1.29 is 28.5 Å². The lowest BCUT2D eigenvalue weighted by Gasteiger charge is -2.14. The SMILES string of the molecule is COc1cc(CNC(=O)COC(=O)[C@H]2C[C@@H]2C)cc(OC)c1OC. The van der Waals surface area contributed by atoms with Gasteiger partial charge >= 0.3 is 5.97 Å². The molecular formula is C17H23NO6. The van der Waals surface area contributed by atoms with Crippen LogP contribution in [-0.4, -0.2) is 39.8 Å². The van der Waals surface area contributed by atoms with E-state index in [0.29, 0.717) is 23.2 Å². The third-order valence-electron chi connectivity index (χ3n) is 3.97. The molecule has 1 saturated carbocycles. The zero-order valence-corrected chi connectivity index (χ0v) is 14.4. The number of methoxy groups -OCH3 is 3. The van der Waals surface area contributed by atoms with Crippen molar-refractivity contribution in [2.45, 2.75) is 19.9 Å². The van der Waals surface area contributed by atoms with Crippen molar-refractivity contribution in [3.05, 3.63) is 17.7 Å². The Hall–Kier alpha value is -2.44. The lowest BCUT2D eigenvalue weighted by atomic mass is 10.1. The van der Waals surface area contributed by atoms with Crippen LogP contribution in [0.3, 0.4) is 0 Å². The second-order valence-electron chi connectivity index (χ2n) is 5.74. The fourth-order valence-corrected chi connectivity index (χ4v) is 2.38. The third kappa shape index (κ3) is 4.31. The number of benzene rings is 1. The van der Waals surface area contributed by atoms with Gasteiger partial charge in [-0.15, -0.1) is 0 Å². The highest BCUT2D eigenvalue weighted by Gasteiger charge is 2.40. The zero-order chi connectivity index (χ0) is 17.7. The molecule has 0 aromatic heterocycles. The first-order chi connectivity index (χ1) is 11.5. The van der Waals surface area contributed by atoms with Gasteiger partial charge in [0, 0.05) is 6.54 Å². The summed E-state index contributed by atoms with van der Waals surface area (Å²) in [7, 11) is 4.58. The van der Waals surface area contributed by atoms with Crippen LogP contribution in [0.25, 0.3) is 0 Å². The minimum absolute atomic E-state index is 0.0482. The zero-order valence-electron chi connectivity index (χ0n) is 14.4. The van der Waals surface area contributed by atoms with E-state index >= 15 is 0 Å². The highest BCUT2D eigenvalue weighted by Crippen LogP contribution is 2.39. The molecule has 1 amide bonds.